The summed E-state index contributed by atoms with van der Waals surface area (Å²) in [5.41, 5.74) is 3.63. The molecule has 2 rings (SSSR count). The third-order valence-electron chi connectivity index (χ3n) is 3.33. The fourth-order valence-electron chi connectivity index (χ4n) is 1.78. The molecule has 2 N–H and O–H groups in total. The van der Waals surface area contributed by atoms with Crippen molar-refractivity contribution < 1.29 is 9.84 Å². The quantitative estimate of drug-likeness (QED) is 0.813. The fourth-order valence-corrected chi connectivity index (χ4v) is 1.78. The number of aliphatic hydroxyl groups excluding tert-OH is 1. The minimum absolute atomic E-state index is 0.0706. The fraction of sp³-hybridized carbons (Fsp3) is 0.538. The molecule has 16 heavy (non-hydrogen) atoms. The van der Waals surface area contributed by atoms with Gasteiger partial charge in [0.05, 0.1) is 25.2 Å². The Kier molecular flexibility index (Phi) is 3.17. The molecule has 0 saturated carbocycles. The average molecular weight is 221 g/mol. The van der Waals surface area contributed by atoms with Crippen LogP contribution in [0.3, 0.4) is 0 Å². The second kappa shape index (κ2) is 4.44. The Morgan fingerprint density at radius 3 is 2.56 bits per heavy atom. The average Bonchev–Trinajstić information content (AvgIpc) is 2.22. The van der Waals surface area contributed by atoms with Crippen LogP contribution < -0.4 is 5.32 Å². The van der Waals surface area contributed by atoms with Crippen LogP contribution in [0.2, 0.25) is 0 Å². The second-order valence-corrected chi connectivity index (χ2v) is 4.80. The van der Waals surface area contributed by atoms with Crippen LogP contribution in [0, 0.1) is 19.3 Å². The molecule has 1 saturated heterocycles. The summed E-state index contributed by atoms with van der Waals surface area (Å²) in [5, 5.41) is 12.7. The van der Waals surface area contributed by atoms with Gasteiger partial charge >= 0.3 is 0 Å². The van der Waals surface area contributed by atoms with Crippen molar-refractivity contribution in [3.05, 3.63) is 29.3 Å². The van der Waals surface area contributed by atoms with Crippen molar-refractivity contribution in [3.63, 3.8) is 0 Å². The van der Waals surface area contributed by atoms with Crippen LogP contribution in [0.25, 0.3) is 0 Å². The molecule has 3 nitrogen and oxygen atoms in total. The highest BCUT2D eigenvalue weighted by molar-refractivity contribution is 5.48. The lowest BCUT2D eigenvalue weighted by atomic mass is 9.87. The van der Waals surface area contributed by atoms with E-state index in [1.807, 2.05) is 0 Å². The second-order valence-electron chi connectivity index (χ2n) is 4.80. The Balaban J connectivity index is 1.96. The number of hydrogen-bond donors (Lipinski definition) is 2. The maximum Gasteiger partial charge on any atom is 0.0584 e. The first kappa shape index (κ1) is 11.4. The maximum atomic E-state index is 9.29. The van der Waals surface area contributed by atoms with E-state index in [1.54, 1.807) is 0 Å². The highest BCUT2D eigenvalue weighted by Gasteiger charge is 2.37. The first-order valence-electron chi connectivity index (χ1n) is 5.65. The number of anilines is 1. The normalized spacial score (nSPS) is 17.9. The van der Waals surface area contributed by atoms with Crippen LogP contribution in [0.4, 0.5) is 5.69 Å². The van der Waals surface area contributed by atoms with E-state index in [9.17, 15) is 5.11 Å². The summed E-state index contributed by atoms with van der Waals surface area (Å²) in [4.78, 5) is 0. The molecule has 1 aromatic rings. The summed E-state index contributed by atoms with van der Waals surface area (Å²) < 4.78 is 5.16. The number of rotatable bonds is 4. The van der Waals surface area contributed by atoms with Gasteiger partial charge in [0.1, 0.15) is 0 Å². The van der Waals surface area contributed by atoms with Crippen LogP contribution in [0.5, 0.6) is 0 Å². The highest BCUT2D eigenvalue weighted by Crippen LogP contribution is 2.27. The molecular weight excluding hydrogens is 202 g/mol. The lowest BCUT2D eigenvalue weighted by Crippen LogP contribution is -2.50. The number of benzene rings is 1. The number of aryl methyl sites for hydroxylation is 2. The summed E-state index contributed by atoms with van der Waals surface area (Å²) in [6, 6.07) is 6.33. The summed E-state index contributed by atoms with van der Waals surface area (Å²) in [6.07, 6.45) is 0. The summed E-state index contributed by atoms with van der Waals surface area (Å²) in [7, 11) is 0. The van der Waals surface area contributed by atoms with Crippen molar-refractivity contribution >= 4 is 5.69 Å². The Morgan fingerprint density at radius 1 is 1.31 bits per heavy atom. The summed E-state index contributed by atoms with van der Waals surface area (Å²) in [5.74, 6) is 0. The molecular formula is C13H19NO2. The van der Waals surface area contributed by atoms with Crippen LogP contribution >= 0.6 is 0 Å². The minimum Gasteiger partial charge on any atom is -0.396 e. The number of nitrogens with one attached hydrogen (secondary N) is 1. The van der Waals surface area contributed by atoms with E-state index >= 15 is 0 Å². The zero-order valence-electron chi connectivity index (χ0n) is 9.92. The molecule has 3 heteroatoms. The molecule has 0 aromatic heterocycles. The van der Waals surface area contributed by atoms with Crippen molar-refractivity contribution in [2.45, 2.75) is 13.8 Å². The Morgan fingerprint density at radius 2 is 2.06 bits per heavy atom. The van der Waals surface area contributed by atoms with Crippen molar-refractivity contribution in [3.8, 4) is 0 Å². The molecule has 0 radical (unpaired) electrons. The van der Waals surface area contributed by atoms with Gasteiger partial charge in [-0.3, -0.25) is 0 Å². The van der Waals surface area contributed by atoms with Gasteiger partial charge in [0.15, 0.2) is 0 Å². The molecule has 1 aliphatic heterocycles. The summed E-state index contributed by atoms with van der Waals surface area (Å²) >= 11 is 0. The Labute approximate surface area is 96.4 Å². The lowest BCUT2D eigenvalue weighted by molar-refractivity contribution is -0.128. The van der Waals surface area contributed by atoms with Gasteiger partial charge < -0.3 is 15.2 Å². The van der Waals surface area contributed by atoms with Gasteiger partial charge in [-0.1, -0.05) is 6.07 Å². The first-order chi connectivity index (χ1) is 7.65. The maximum absolute atomic E-state index is 9.29. The largest absolute Gasteiger partial charge is 0.396 e. The molecule has 0 aliphatic carbocycles. The molecule has 0 unspecified atom stereocenters. The van der Waals surface area contributed by atoms with Gasteiger partial charge in [-0.15, -0.1) is 0 Å². The molecule has 1 aromatic carbocycles. The van der Waals surface area contributed by atoms with E-state index in [1.165, 1.54) is 11.1 Å². The van der Waals surface area contributed by atoms with E-state index in [0.717, 1.165) is 12.2 Å². The SMILES string of the molecule is Cc1ccc(NCC2(CO)COC2)cc1C. The van der Waals surface area contributed by atoms with E-state index in [2.05, 4.69) is 37.4 Å². The topological polar surface area (TPSA) is 41.5 Å². The molecule has 88 valence electrons. The van der Waals surface area contributed by atoms with Gasteiger partial charge in [-0.25, -0.2) is 0 Å². The van der Waals surface area contributed by atoms with Crippen LogP contribution in [0.15, 0.2) is 18.2 Å². The molecule has 0 bridgehead atoms. The third kappa shape index (κ3) is 2.20. The third-order valence-corrected chi connectivity index (χ3v) is 3.33. The zero-order chi connectivity index (χ0) is 11.6. The predicted octanol–water partition coefficient (Wildman–Crippen LogP) is 1.72. The molecule has 0 spiro atoms. The van der Waals surface area contributed by atoms with Crippen molar-refractivity contribution in [2.24, 2.45) is 5.41 Å². The first-order valence-corrected chi connectivity index (χ1v) is 5.65. The van der Waals surface area contributed by atoms with E-state index in [4.69, 9.17) is 4.74 Å². The molecule has 1 fully saturated rings. The number of hydrogen-bond acceptors (Lipinski definition) is 3. The molecule has 1 heterocycles. The van der Waals surface area contributed by atoms with Gasteiger partial charge in [-0.2, -0.15) is 0 Å². The minimum atomic E-state index is -0.0706. The Bertz CT molecular complexity index is 367. The molecule has 0 atom stereocenters. The standard InChI is InChI=1S/C13H19NO2/c1-10-3-4-12(5-11(10)2)14-6-13(7-15)8-16-9-13/h3-5,14-15H,6-9H2,1-2H3. The van der Waals surface area contributed by atoms with Gasteiger partial charge in [0.2, 0.25) is 0 Å². The summed E-state index contributed by atoms with van der Waals surface area (Å²) in [6.45, 7) is 6.47. The highest BCUT2D eigenvalue weighted by atomic mass is 16.5. The monoisotopic (exact) mass is 221 g/mol. The zero-order valence-corrected chi connectivity index (χ0v) is 9.92. The number of aliphatic hydroxyl groups is 1. The Hall–Kier alpha value is -1.06. The van der Waals surface area contributed by atoms with Crippen LogP contribution in [0.1, 0.15) is 11.1 Å². The van der Waals surface area contributed by atoms with Crippen molar-refractivity contribution in [1.29, 1.82) is 0 Å². The van der Waals surface area contributed by atoms with Gasteiger partial charge in [-0.05, 0) is 37.1 Å². The van der Waals surface area contributed by atoms with E-state index in [-0.39, 0.29) is 12.0 Å². The lowest BCUT2D eigenvalue weighted by Gasteiger charge is -2.40. The van der Waals surface area contributed by atoms with Crippen LogP contribution in [-0.4, -0.2) is 31.5 Å². The van der Waals surface area contributed by atoms with E-state index < -0.39 is 0 Å². The number of ether oxygens (including phenoxy) is 1. The smallest absolute Gasteiger partial charge is 0.0584 e. The van der Waals surface area contributed by atoms with Crippen molar-refractivity contribution in [1.82, 2.24) is 0 Å². The van der Waals surface area contributed by atoms with Crippen LogP contribution in [-0.2, 0) is 4.74 Å². The molecule has 0 amide bonds. The van der Waals surface area contributed by atoms with Crippen molar-refractivity contribution in [2.75, 3.05) is 31.7 Å². The van der Waals surface area contributed by atoms with E-state index in [0.29, 0.717) is 13.2 Å². The van der Waals surface area contributed by atoms with Gasteiger partial charge in [0, 0.05) is 12.2 Å². The van der Waals surface area contributed by atoms with Gasteiger partial charge in [0.25, 0.3) is 0 Å². The molecule has 1 aliphatic rings. The predicted molar refractivity (Wildman–Crippen MR) is 64.7 cm³/mol.